The summed E-state index contributed by atoms with van der Waals surface area (Å²) in [6, 6.07) is 13.5. The number of ether oxygens (including phenoxy) is 1. The van der Waals surface area contributed by atoms with Crippen LogP contribution in [-0.2, 0) is 19.1 Å². The Balaban J connectivity index is 1.61. The van der Waals surface area contributed by atoms with E-state index < -0.39 is 34.9 Å². The Bertz CT molecular complexity index is 1530. The summed E-state index contributed by atoms with van der Waals surface area (Å²) >= 11 is 0. The first-order chi connectivity index (χ1) is 18.7. The second-order valence-corrected chi connectivity index (χ2v) is 9.44. The highest BCUT2D eigenvalue weighted by Crippen LogP contribution is 2.40. The second-order valence-electron chi connectivity index (χ2n) is 9.44. The van der Waals surface area contributed by atoms with Crippen LogP contribution in [0.3, 0.4) is 0 Å². The predicted octanol–water partition coefficient (Wildman–Crippen LogP) is 5.03. The van der Waals surface area contributed by atoms with E-state index in [1.165, 1.54) is 30.3 Å². The summed E-state index contributed by atoms with van der Waals surface area (Å²) in [5, 5.41) is 3.67. The molecule has 202 valence electrons. The smallest absolute Gasteiger partial charge is 0.435 e. The van der Waals surface area contributed by atoms with Crippen molar-refractivity contribution in [2.75, 3.05) is 6.61 Å². The van der Waals surface area contributed by atoms with Gasteiger partial charge in [0.05, 0.1) is 6.61 Å². The predicted molar refractivity (Wildman–Crippen MR) is 136 cm³/mol. The molecule has 7 nitrogen and oxygen atoms in total. The van der Waals surface area contributed by atoms with Gasteiger partial charge in [0.2, 0.25) is 5.88 Å². The number of hydrogen-bond donors (Lipinski definition) is 2. The van der Waals surface area contributed by atoms with E-state index in [1.807, 2.05) is 6.07 Å². The molecule has 2 aromatic carbocycles. The number of halogens is 4. The number of aromatic nitrogens is 3. The number of nitrogens with zero attached hydrogens (tertiary/aromatic N) is 3. The first kappa shape index (κ1) is 26.4. The van der Waals surface area contributed by atoms with Crippen LogP contribution in [0.4, 0.5) is 17.6 Å². The molecule has 1 amide bonds. The quantitative estimate of drug-likeness (QED) is 0.290. The molecule has 4 N–H and O–H groups in total. The van der Waals surface area contributed by atoms with E-state index in [1.54, 1.807) is 18.3 Å². The number of benzene rings is 2. The van der Waals surface area contributed by atoms with Crippen LogP contribution >= 0.6 is 0 Å². The van der Waals surface area contributed by atoms with E-state index >= 15 is 4.39 Å². The highest BCUT2D eigenvalue weighted by atomic mass is 19.4. The van der Waals surface area contributed by atoms with Crippen molar-refractivity contribution in [1.29, 1.82) is 0 Å². The van der Waals surface area contributed by atoms with Gasteiger partial charge in [0.1, 0.15) is 17.2 Å². The molecule has 0 atom stereocenters. The fourth-order valence-corrected chi connectivity index (χ4v) is 4.37. The Morgan fingerprint density at radius 1 is 1.08 bits per heavy atom. The number of carbonyl (C=O) groups excluding carboxylic acids is 1. The van der Waals surface area contributed by atoms with Crippen molar-refractivity contribution < 1.29 is 27.1 Å². The molecule has 4 aromatic rings. The Kier molecular flexibility index (Phi) is 7.09. The summed E-state index contributed by atoms with van der Waals surface area (Å²) in [7, 11) is 0. The standard InChI is InChI=1S/C28H25F4N5O2/c29-21-9-8-17(11-20-5-2-10-35-27(20)39-15-16-6-7-16)13-22(21)37-24(26(34)38)23(25(36-37)28(30,31)32)19-4-1-3-18(12-19)14-33/h1-5,8-10,12-13,16H,6-7,11,14-15,33H2,(H2,34,38). The van der Waals surface area contributed by atoms with Gasteiger partial charge in [-0.3, -0.25) is 4.79 Å². The normalized spacial score (nSPS) is 13.5. The van der Waals surface area contributed by atoms with Crippen molar-refractivity contribution in [3.8, 4) is 22.7 Å². The van der Waals surface area contributed by atoms with E-state index in [0.717, 1.165) is 24.5 Å². The molecule has 0 unspecified atom stereocenters. The molecule has 0 saturated heterocycles. The van der Waals surface area contributed by atoms with Gasteiger partial charge in [0.15, 0.2) is 5.69 Å². The molecule has 0 bridgehead atoms. The highest BCUT2D eigenvalue weighted by molar-refractivity contribution is 5.99. The molecule has 0 aliphatic heterocycles. The molecule has 39 heavy (non-hydrogen) atoms. The average molecular weight is 540 g/mol. The maximum atomic E-state index is 15.1. The van der Waals surface area contributed by atoms with Crippen molar-refractivity contribution >= 4 is 5.91 Å². The van der Waals surface area contributed by atoms with E-state index in [-0.39, 0.29) is 24.2 Å². The minimum absolute atomic E-state index is 0.0368. The van der Waals surface area contributed by atoms with Gasteiger partial charge in [-0.15, -0.1) is 0 Å². The molecule has 1 aliphatic carbocycles. The number of nitrogens with two attached hydrogens (primary N) is 2. The molecule has 1 aliphatic rings. The lowest BCUT2D eigenvalue weighted by molar-refractivity contribution is -0.140. The van der Waals surface area contributed by atoms with Crippen molar-refractivity contribution in [3.05, 3.63) is 94.7 Å². The zero-order valence-electron chi connectivity index (χ0n) is 20.7. The van der Waals surface area contributed by atoms with Gasteiger partial charge in [-0.1, -0.05) is 30.3 Å². The van der Waals surface area contributed by atoms with Crippen molar-refractivity contribution in [3.63, 3.8) is 0 Å². The summed E-state index contributed by atoms with van der Waals surface area (Å²) in [5.41, 5.74) is 10.2. The third-order valence-electron chi connectivity index (χ3n) is 6.47. The molecule has 5 rings (SSSR count). The van der Waals surface area contributed by atoms with Crippen LogP contribution in [-0.4, -0.2) is 27.3 Å². The lowest BCUT2D eigenvalue weighted by Crippen LogP contribution is -2.18. The van der Waals surface area contributed by atoms with Crippen LogP contribution in [0.25, 0.3) is 16.8 Å². The van der Waals surface area contributed by atoms with Gasteiger partial charge < -0.3 is 16.2 Å². The number of primary amides is 1. The summed E-state index contributed by atoms with van der Waals surface area (Å²) in [6.07, 6.45) is -0.889. The molecule has 11 heteroatoms. The van der Waals surface area contributed by atoms with E-state index in [0.29, 0.717) is 34.2 Å². The van der Waals surface area contributed by atoms with Gasteiger partial charge in [0, 0.05) is 30.3 Å². The van der Waals surface area contributed by atoms with E-state index in [9.17, 15) is 18.0 Å². The Hall–Kier alpha value is -4.25. The number of pyridine rings is 1. The molecule has 2 heterocycles. The van der Waals surface area contributed by atoms with Crippen LogP contribution in [0, 0.1) is 11.7 Å². The maximum Gasteiger partial charge on any atom is 0.435 e. The zero-order valence-corrected chi connectivity index (χ0v) is 20.7. The first-order valence-corrected chi connectivity index (χ1v) is 12.3. The Labute approximate surface area is 221 Å². The molecule has 1 saturated carbocycles. The monoisotopic (exact) mass is 539 g/mol. The van der Waals surface area contributed by atoms with Crippen LogP contribution in [0.1, 0.15) is 45.7 Å². The minimum atomic E-state index is -4.96. The fourth-order valence-electron chi connectivity index (χ4n) is 4.37. The number of rotatable bonds is 9. The molecule has 0 spiro atoms. The summed E-state index contributed by atoms with van der Waals surface area (Å²) in [4.78, 5) is 16.9. The van der Waals surface area contributed by atoms with Gasteiger partial charge in [-0.2, -0.15) is 18.3 Å². The number of carbonyl (C=O) groups is 1. The molecule has 1 fully saturated rings. The fraction of sp³-hybridized carbons (Fsp3) is 0.250. The molecule has 2 aromatic heterocycles. The van der Waals surface area contributed by atoms with E-state index in [2.05, 4.69) is 10.1 Å². The minimum Gasteiger partial charge on any atom is -0.477 e. The average Bonchev–Trinajstić information content (AvgIpc) is 3.65. The van der Waals surface area contributed by atoms with Crippen molar-refractivity contribution in [2.24, 2.45) is 17.4 Å². The van der Waals surface area contributed by atoms with Crippen LogP contribution in [0.5, 0.6) is 5.88 Å². The summed E-state index contributed by atoms with van der Waals surface area (Å²) < 4.78 is 64.1. The van der Waals surface area contributed by atoms with Gasteiger partial charge >= 0.3 is 6.18 Å². The zero-order chi connectivity index (χ0) is 27.7. The number of amides is 1. The Morgan fingerprint density at radius 2 is 1.87 bits per heavy atom. The van der Waals surface area contributed by atoms with Crippen LogP contribution < -0.4 is 16.2 Å². The summed E-state index contributed by atoms with van der Waals surface area (Å²) in [6.45, 7) is 0.606. The lowest BCUT2D eigenvalue weighted by atomic mass is 9.99. The van der Waals surface area contributed by atoms with Crippen LogP contribution in [0.2, 0.25) is 0 Å². The molecular weight excluding hydrogens is 514 g/mol. The number of hydrogen-bond acceptors (Lipinski definition) is 5. The van der Waals surface area contributed by atoms with Gasteiger partial charge in [-0.25, -0.2) is 14.1 Å². The van der Waals surface area contributed by atoms with Gasteiger partial charge in [0.25, 0.3) is 5.91 Å². The maximum absolute atomic E-state index is 15.1. The van der Waals surface area contributed by atoms with E-state index in [4.69, 9.17) is 16.2 Å². The third kappa shape index (κ3) is 5.63. The van der Waals surface area contributed by atoms with Gasteiger partial charge in [-0.05, 0) is 59.7 Å². The number of alkyl halides is 3. The molecular formula is C28H25F4N5O2. The Morgan fingerprint density at radius 3 is 2.56 bits per heavy atom. The van der Waals surface area contributed by atoms with Crippen molar-refractivity contribution in [2.45, 2.75) is 32.0 Å². The first-order valence-electron chi connectivity index (χ1n) is 12.3. The largest absolute Gasteiger partial charge is 0.477 e. The second kappa shape index (κ2) is 10.5. The topological polar surface area (TPSA) is 109 Å². The third-order valence-corrected chi connectivity index (χ3v) is 6.47. The van der Waals surface area contributed by atoms with Crippen molar-refractivity contribution in [1.82, 2.24) is 14.8 Å². The molecule has 0 radical (unpaired) electrons. The SMILES string of the molecule is NCc1cccc(-c2c(C(F)(F)F)nn(-c3cc(Cc4cccnc4OCC4CC4)ccc3F)c2C(N)=O)c1. The van der Waals surface area contributed by atoms with Crippen LogP contribution in [0.15, 0.2) is 60.8 Å². The highest BCUT2D eigenvalue weighted by Gasteiger charge is 2.41. The summed E-state index contributed by atoms with van der Waals surface area (Å²) in [5.74, 6) is -1.13. The lowest BCUT2D eigenvalue weighted by Gasteiger charge is -2.12.